The van der Waals surface area contributed by atoms with Crippen LogP contribution in [0, 0.1) is 6.92 Å². The molecule has 1 amide bonds. The molecule has 3 aromatic rings. The number of aryl methyl sites for hydroxylation is 1. The van der Waals surface area contributed by atoms with Crippen molar-refractivity contribution in [3.05, 3.63) is 70.6 Å². The summed E-state index contributed by atoms with van der Waals surface area (Å²) in [5.74, 6) is 0.142. The lowest BCUT2D eigenvalue weighted by atomic mass is 10.1. The summed E-state index contributed by atoms with van der Waals surface area (Å²) in [6.07, 6.45) is 1.09. The zero-order chi connectivity index (χ0) is 22.6. The number of amides is 1. The molecule has 0 spiro atoms. The molecule has 0 saturated carbocycles. The molecule has 0 aliphatic heterocycles. The Balaban J connectivity index is 1.67. The minimum atomic E-state index is -3.59. The fourth-order valence-corrected chi connectivity index (χ4v) is 3.77. The first kappa shape index (κ1) is 22.9. The van der Waals surface area contributed by atoms with Gasteiger partial charge in [-0.1, -0.05) is 58.7 Å². The molecule has 0 aliphatic rings. The van der Waals surface area contributed by atoms with Gasteiger partial charge in [0.2, 0.25) is 27.6 Å². The highest BCUT2D eigenvalue weighted by Crippen LogP contribution is 2.25. The Hall–Kier alpha value is -2.75. The second-order valence-electron chi connectivity index (χ2n) is 7.26. The van der Waals surface area contributed by atoms with Crippen molar-refractivity contribution in [2.24, 2.45) is 0 Å². The van der Waals surface area contributed by atoms with Crippen molar-refractivity contribution in [2.45, 2.75) is 20.0 Å². The monoisotopic (exact) mass is 462 g/mol. The van der Waals surface area contributed by atoms with Crippen LogP contribution >= 0.6 is 11.6 Å². The van der Waals surface area contributed by atoms with Crippen LogP contribution in [0.25, 0.3) is 11.4 Å². The van der Waals surface area contributed by atoms with Crippen LogP contribution in [0.3, 0.4) is 0 Å². The summed E-state index contributed by atoms with van der Waals surface area (Å²) >= 11 is 6.15. The van der Waals surface area contributed by atoms with Crippen molar-refractivity contribution < 1.29 is 17.7 Å². The van der Waals surface area contributed by atoms with Crippen molar-refractivity contribution in [1.82, 2.24) is 19.3 Å². The molecule has 0 aliphatic carbocycles. The first-order chi connectivity index (χ1) is 14.6. The number of nitrogens with zero attached hydrogens (tertiary/aromatic N) is 4. The topological polar surface area (TPSA) is 96.6 Å². The third-order valence-electron chi connectivity index (χ3n) is 4.64. The van der Waals surface area contributed by atoms with Crippen molar-refractivity contribution in [1.29, 1.82) is 0 Å². The second kappa shape index (κ2) is 9.59. The van der Waals surface area contributed by atoms with Gasteiger partial charge >= 0.3 is 0 Å². The second-order valence-corrected chi connectivity index (χ2v) is 9.65. The number of aromatic nitrogens is 2. The quantitative estimate of drug-likeness (QED) is 0.510. The Morgan fingerprint density at radius 2 is 1.77 bits per heavy atom. The minimum Gasteiger partial charge on any atom is -0.337 e. The number of sulfonamides is 1. The van der Waals surface area contributed by atoms with E-state index in [1.807, 2.05) is 31.2 Å². The number of likely N-dealkylation sites (N-methyl/N-ethyl adjacent to an activating group) is 1. The molecule has 8 nitrogen and oxygen atoms in total. The maximum Gasteiger partial charge on any atom is 0.246 e. The number of carbonyl (C=O) groups excluding carboxylic acids is 1. The van der Waals surface area contributed by atoms with Gasteiger partial charge in [-0.25, -0.2) is 8.42 Å². The summed E-state index contributed by atoms with van der Waals surface area (Å²) in [6, 6.07) is 14.6. The van der Waals surface area contributed by atoms with E-state index in [2.05, 4.69) is 10.1 Å². The molecule has 0 atom stereocenters. The molecule has 0 unspecified atom stereocenters. The third kappa shape index (κ3) is 6.13. The van der Waals surface area contributed by atoms with E-state index in [4.69, 9.17) is 16.1 Å². The zero-order valence-electron chi connectivity index (χ0n) is 17.4. The summed E-state index contributed by atoms with van der Waals surface area (Å²) in [6.45, 7) is 1.80. The fourth-order valence-electron chi connectivity index (χ4n) is 2.82. The highest BCUT2D eigenvalue weighted by Gasteiger charge is 2.23. The van der Waals surface area contributed by atoms with E-state index in [0.717, 1.165) is 21.7 Å². The number of rotatable bonds is 8. The van der Waals surface area contributed by atoms with Crippen molar-refractivity contribution in [2.75, 3.05) is 19.8 Å². The van der Waals surface area contributed by atoms with Gasteiger partial charge in [0.25, 0.3) is 0 Å². The van der Waals surface area contributed by atoms with Crippen molar-refractivity contribution >= 4 is 27.5 Å². The van der Waals surface area contributed by atoms with E-state index in [1.54, 1.807) is 31.3 Å². The standard InChI is InChI=1S/C21H23ClN4O4S/c1-15-8-10-16(11-9-15)12-26(31(3,28)29)14-20(27)25(2)13-19-23-21(24-30-19)17-6-4-5-7-18(17)22/h4-11H,12-14H2,1-3H3. The molecule has 164 valence electrons. The van der Waals surface area contributed by atoms with Gasteiger partial charge in [0.15, 0.2) is 0 Å². The van der Waals surface area contributed by atoms with Crippen LogP contribution in [-0.2, 0) is 27.9 Å². The maximum atomic E-state index is 12.7. The first-order valence-electron chi connectivity index (χ1n) is 9.45. The van der Waals surface area contributed by atoms with E-state index in [0.29, 0.717) is 16.4 Å². The highest BCUT2D eigenvalue weighted by atomic mass is 35.5. The van der Waals surface area contributed by atoms with Crippen LogP contribution in [0.5, 0.6) is 0 Å². The summed E-state index contributed by atoms with van der Waals surface area (Å²) in [7, 11) is -2.04. The van der Waals surface area contributed by atoms with Crippen molar-refractivity contribution in [3.8, 4) is 11.4 Å². The molecule has 10 heteroatoms. The predicted molar refractivity (Wildman–Crippen MR) is 118 cm³/mol. The third-order valence-corrected chi connectivity index (χ3v) is 6.17. The van der Waals surface area contributed by atoms with Gasteiger partial charge in [0.1, 0.15) is 0 Å². The molecular formula is C21H23ClN4O4S. The van der Waals surface area contributed by atoms with Gasteiger partial charge in [0.05, 0.1) is 24.4 Å². The SMILES string of the molecule is Cc1ccc(CN(CC(=O)N(C)Cc2nc(-c3ccccc3Cl)no2)S(C)(=O)=O)cc1. The highest BCUT2D eigenvalue weighted by molar-refractivity contribution is 7.88. The van der Waals surface area contributed by atoms with Crippen LogP contribution in [0.1, 0.15) is 17.0 Å². The Labute approximate surface area is 186 Å². The Kier molecular flexibility index (Phi) is 7.09. The van der Waals surface area contributed by atoms with Crippen LogP contribution in [-0.4, -0.2) is 53.5 Å². The van der Waals surface area contributed by atoms with Gasteiger partial charge in [0, 0.05) is 19.2 Å². The summed E-state index contributed by atoms with van der Waals surface area (Å²) in [5.41, 5.74) is 2.49. The largest absolute Gasteiger partial charge is 0.337 e. The lowest BCUT2D eigenvalue weighted by Gasteiger charge is -2.23. The smallest absolute Gasteiger partial charge is 0.246 e. The molecule has 2 aromatic carbocycles. The number of carbonyl (C=O) groups is 1. The lowest BCUT2D eigenvalue weighted by Crippen LogP contribution is -2.40. The molecule has 0 N–H and O–H groups in total. The van der Waals surface area contributed by atoms with Crippen LogP contribution in [0.2, 0.25) is 5.02 Å². The van der Waals surface area contributed by atoms with Crippen LogP contribution in [0.15, 0.2) is 53.1 Å². The number of halogens is 1. The average Bonchev–Trinajstić information content (AvgIpc) is 3.16. The number of benzene rings is 2. The molecule has 0 saturated heterocycles. The normalized spacial score (nSPS) is 11.6. The summed E-state index contributed by atoms with van der Waals surface area (Å²) < 4.78 is 30.8. The van der Waals surface area contributed by atoms with Crippen LogP contribution < -0.4 is 0 Å². The molecule has 1 aromatic heterocycles. The minimum absolute atomic E-state index is 0.0401. The molecule has 0 fully saturated rings. The Morgan fingerprint density at radius 1 is 1.10 bits per heavy atom. The van der Waals surface area contributed by atoms with E-state index >= 15 is 0 Å². The van der Waals surface area contributed by atoms with E-state index in [-0.39, 0.29) is 25.5 Å². The van der Waals surface area contributed by atoms with Gasteiger partial charge in [-0.3, -0.25) is 4.79 Å². The molecule has 1 heterocycles. The number of hydrogen-bond donors (Lipinski definition) is 0. The van der Waals surface area contributed by atoms with Gasteiger partial charge in [-0.15, -0.1) is 0 Å². The Bertz CT molecular complexity index is 1160. The summed E-state index contributed by atoms with van der Waals surface area (Å²) in [4.78, 5) is 18.3. The van der Waals surface area contributed by atoms with E-state index in [9.17, 15) is 13.2 Å². The van der Waals surface area contributed by atoms with E-state index in [1.165, 1.54) is 4.90 Å². The van der Waals surface area contributed by atoms with E-state index < -0.39 is 15.9 Å². The molecule has 0 bridgehead atoms. The molecular weight excluding hydrogens is 440 g/mol. The maximum absolute atomic E-state index is 12.7. The van der Waals surface area contributed by atoms with Gasteiger partial charge < -0.3 is 9.42 Å². The molecule has 0 radical (unpaired) electrons. The first-order valence-corrected chi connectivity index (χ1v) is 11.7. The van der Waals surface area contributed by atoms with Gasteiger partial charge in [-0.2, -0.15) is 9.29 Å². The lowest BCUT2D eigenvalue weighted by molar-refractivity contribution is -0.131. The molecule has 31 heavy (non-hydrogen) atoms. The van der Waals surface area contributed by atoms with Gasteiger partial charge in [-0.05, 0) is 24.6 Å². The molecule has 3 rings (SSSR count). The predicted octanol–water partition coefficient (Wildman–Crippen LogP) is 3.12. The Morgan fingerprint density at radius 3 is 2.42 bits per heavy atom. The summed E-state index contributed by atoms with van der Waals surface area (Å²) in [5, 5.41) is 4.39. The van der Waals surface area contributed by atoms with Crippen molar-refractivity contribution in [3.63, 3.8) is 0 Å². The zero-order valence-corrected chi connectivity index (χ0v) is 19.0. The average molecular weight is 463 g/mol. The number of hydrogen-bond acceptors (Lipinski definition) is 6. The van der Waals surface area contributed by atoms with Crippen LogP contribution in [0.4, 0.5) is 0 Å². The fraction of sp³-hybridized carbons (Fsp3) is 0.286.